The van der Waals surface area contributed by atoms with Crippen molar-refractivity contribution in [3.63, 3.8) is 0 Å². The zero-order valence-corrected chi connectivity index (χ0v) is 10.9. The molecule has 3 N–H and O–H groups in total. The molecule has 0 aromatic rings. The Kier molecular flexibility index (Phi) is 6.57. The lowest BCUT2D eigenvalue weighted by Crippen LogP contribution is -2.52. The first-order chi connectivity index (χ1) is 7.79. The first-order valence-electron chi connectivity index (χ1n) is 5.64. The number of amides is 2. The molecule has 6 nitrogen and oxygen atoms in total. The number of urea groups is 1. The van der Waals surface area contributed by atoms with Gasteiger partial charge in [0, 0.05) is 13.2 Å². The van der Waals surface area contributed by atoms with Gasteiger partial charge in [-0.2, -0.15) is 0 Å². The van der Waals surface area contributed by atoms with Crippen LogP contribution in [0.1, 0.15) is 27.7 Å². The molecule has 0 aliphatic rings. The van der Waals surface area contributed by atoms with Crippen molar-refractivity contribution in [2.75, 3.05) is 19.8 Å². The van der Waals surface area contributed by atoms with Crippen LogP contribution in [0.5, 0.6) is 0 Å². The van der Waals surface area contributed by atoms with Gasteiger partial charge in [0.2, 0.25) is 0 Å². The van der Waals surface area contributed by atoms with Gasteiger partial charge in [-0.3, -0.25) is 0 Å². The zero-order valence-electron chi connectivity index (χ0n) is 10.9. The fourth-order valence-electron chi connectivity index (χ4n) is 1.21. The van der Waals surface area contributed by atoms with Crippen molar-refractivity contribution in [1.82, 2.24) is 10.6 Å². The minimum Gasteiger partial charge on any atom is -0.480 e. The fourth-order valence-corrected chi connectivity index (χ4v) is 1.21. The van der Waals surface area contributed by atoms with Crippen molar-refractivity contribution >= 4 is 12.0 Å². The molecular formula is C11H22N2O4. The van der Waals surface area contributed by atoms with Crippen molar-refractivity contribution in [1.29, 1.82) is 0 Å². The summed E-state index contributed by atoms with van der Waals surface area (Å²) in [5.74, 6) is -1.04. The van der Waals surface area contributed by atoms with Gasteiger partial charge in [-0.25, -0.2) is 9.59 Å². The van der Waals surface area contributed by atoms with Crippen molar-refractivity contribution < 1.29 is 19.4 Å². The lowest BCUT2D eigenvalue weighted by molar-refractivity contribution is -0.141. The van der Waals surface area contributed by atoms with E-state index in [1.165, 1.54) is 0 Å². The number of hydrogen-bond donors (Lipinski definition) is 3. The third-order valence-corrected chi connectivity index (χ3v) is 2.12. The monoisotopic (exact) mass is 246 g/mol. The minimum atomic E-state index is -1.04. The Balaban J connectivity index is 4.11. The molecule has 0 spiro atoms. The van der Waals surface area contributed by atoms with Gasteiger partial charge in [-0.15, -0.1) is 0 Å². The van der Waals surface area contributed by atoms with Crippen LogP contribution in [0.2, 0.25) is 0 Å². The molecule has 0 aromatic heterocycles. The van der Waals surface area contributed by atoms with E-state index < -0.39 is 23.5 Å². The van der Waals surface area contributed by atoms with Crippen LogP contribution in [0.4, 0.5) is 4.79 Å². The van der Waals surface area contributed by atoms with E-state index in [0.29, 0.717) is 19.8 Å². The molecule has 0 aliphatic carbocycles. The quantitative estimate of drug-likeness (QED) is 0.605. The summed E-state index contributed by atoms with van der Waals surface area (Å²) in [6, 6.07) is -1.42. The molecule has 2 amide bonds. The van der Waals surface area contributed by atoms with Gasteiger partial charge in [-0.1, -0.05) is 20.8 Å². The third-order valence-electron chi connectivity index (χ3n) is 2.12. The highest BCUT2D eigenvalue weighted by molar-refractivity contribution is 5.83. The normalized spacial score (nSPS) is 12.9. The van der Waals surface area contributed by atoms with Crippen LogP contribution in [0.25, 0.3) is 0 Å². The average molecular weight is 246 g/mol. The number of hydrogen-bond acceptors (Lipinski definition) is 3. The largest absolute Gasteiger partial charge is 0.480 e. The van der Waals surface area contributed by atoms with Crippen LogP contribution >= 0.6 is 0 Å². The number of carbonyl (C=O) groups excluding carboxylic acids is 1. The highest BCUT2D eigenvalue weighted by Gasteiger charge is 2.32. The Bertz CT molecular complexity index is 261. The van der Waals surface area contributed by atoms with Crippen molar-refractivity contribution in [2.24, 2.45) is 5.41 Å². The van der Waals surface area contributed by atoms with Gasteiger partial charge in [0.25, 0.3) is 0 Å². The Morgan fingerprint density at radius 1 is 1.35 bits per heavy atom. The SMILES string of the molecule is CCOCCNC(=O)N[C@H](C(=O)O)C(C)(C)C. The molecule has 17 heavy (non-hydrogen) atoms. The Morgan fingerprint density at radius 3 is 2.35 bits per heavy atom. The molecule has 0 rings (SSSR count). The van der Waals surface area contributed by atoms with E-state index in [0.717, 1.165) is 0 Å². The van der Waals surface area contributed by atoms with E-state index in [1.54, 1.807) is 20.8 Å². The standard InChI is InChI=1S/C11H22N2O4/c1-5-17-7-6-12-10(16)13-8(9(14)15)11(2,3)4/h8H,5-7H2,1-4H3,(H,14,15)(H2,12,13,16)/t8-/m1/s1. The summed E-state index contributed by atoms with van der Waals surface area (Å²) in [4.78, 5) is 22.4. The van der Waals surface area contributed by atoms with Crippen molar-refractivity contribution in [3.05, 3.63) is 0 Å². The van der Waals surface area contributed by atoms with E-state index >= 15 is 0 Å². The molecule has 1 atom stereocenters. The maximum atomic E-state index is 11.4. The first kappa shape index (κ1) is 15.7. The van der Waals surface area contributed by atoms with E-state index in [-0.39, 0.29) is 0 Å². The number of aliphatic carboxylic acids is 1. The summed E-state index contributed by atoms with van der Waals surface area (Å²) in [5, 5.41) is 14.0. The molecule has 6 heteroatoms. The number of carboxylic acid groups (broad SMARTS) is 1. The number of rotatable bonds is 6. The summed E-state index contributed by atoms with van der Waals surface area (Å²) in [6.45, 7) is 8.49. The molecule has 0 saturated heterocycles. The predicted molar refractivity (Wildman–Crippen MR) is 63.9 cm³/mol. The Hall–Kier alpha value is -1.30. The molecule has 0 aliphatic heterocycles. The fraction of sp³-hybridized carbons (Fsp3) is 0.818. The molecular weight excluding hydrogens is 224 g/mol. The second-order valence-corrected chi connectivity index (χ2v) is 4.73. The van der Waals surface area contributed by atoms with E-state index in [4.69, 9.17) is 9.84 Å². The second-order valence-electron chi connectivity index (χ2n) is 4.73. The first-order valence-corrected chi connectivity index (χ1v) is 5.64. The molecule has 0 heterocycles. The molecule has 0 aromatic carbocycles. The molecule has 0 saturated carbocycles. The summed E-state index contributed by atoms with van der Waals surface area (Å²) < 4.78 is 5.04. The number of nitrogens with one attached hydrogen (secondary N) is 2. The van der Waals surface area contributed by atoms with Gasteiger partial charge in [0.05, 0.1) is 6.61 Å². The topological polar surface area (TPSA) is 87.7 Å². The van der Waals surface area contributed by atoms with Crippen molar-refractivity contribution in [3.8, 4) is 0 Å². The second kappa shape index (κ2) is 7.11. The lowest BCUT2D eigenvalue weighted by Gasteiger charge is -2.27. The number of carboxylic acids is 1. The molecule has 0 bridgehead atoms. The number of ether oxygens (including phenoxy) is 1. The van der Waals surface area contributed by atoms with Crippen LogP contribution < -0.4 is 10.6 Å². The summed E-state index contributed by atoms with van der Waals surface area (Å²) in [7, 11) is 0. The smallest absolute Gasteiger partial charge is 0.326 e. The van der Waals surface area contributed by atoms with Gasteiger partial charge in [-0.05, 0) is 12.3 Å². The lowest BCUT2D eigenvalue weighted by atomic mass is 9.87. The van der Waals surface area contributed by atoms with Crippen LogP contribution in [-0.2, 0) is 9.53 Å². The maximum Gasteiger partial charge on any atom is 0.326 e. The molecule has 100 valence electrons. The minimum absolute atomic E-state index is 0.357. The predicted octanol–water partition coefficient (Wildman–Crippen LogP) is 0.821. The Morgan fingerprint density at radius 2 is 1.94 bits per heavy atom. The van der Waals surface area contributed by atoms with E-state index in [1.807, 2.05) is 6.92 Å². The van der Waals surface area contributed by atoms with E-state index in [9.17, 15) is 9.59 Å². The maximum absolute atomic E-state index is 11.4. The number of carbonyl (C=O) groups is 2. The van der Waals surface area contributed by atoms with Gasteiger partial charge in [0.15, 0.2) is 0 Å². The molecule has 0 unspecified atom stereocenters. The van der Waals surface area contributed by atoms with Gasteiger partial charge < -0.3 is 20.5 Å². The summed E-state index contributed by atoms with van der Waals surface area (Å²) in [6.07, 6.45) is 0. The highest BCUT2D eigenvalue weighted by Crippen LogP contribution is 2.19. The van der Waals surface area contributed by atoms with Crippen molar-refractivity contribution in [2.45, 2.75) is 33.7 Å². The third kappa shape index (κ3) is 6.78. The van der Waals surface area contributed by atoms with E-state index in [2.05, 4.69) is 10.6 Å². The van der Waals surface area contributed by atoms with Crippen LogP contribution in [0.3, 0.4) is 0 Å². The Labute approximate surface area is 102 Å². The molecule has 0 radical (unpaired) electrons. The van der Waals surface area contributed by atoms with Crippen LogP contribution in [0.15, 0.2) is 0 Å². The van der Waals surface area contributed by atoms with Gasteiger partial charge in [0.1, 0.15) is 6.04 Å². The summed E-state index contributed by atoms with van der Waals surface area (Å²) in [5.41, 5.74) is -0.539. The average Bonchev–Trinajstić information content (AvgIpc) is 2.19. The van der Waals surface area contributed by atoms with Crippen LogP contribution in [0, 0.1) is 5.41 Å². The molecule has 0 fully saturated rings. The van der Waals surface area contributed by atoms with Gasteiger partial charge >= 0.3 is 12.0 Å². The van der Waals surface area contributed by atoms with Crippen LogP contribution in [-0.4, -0.2) is 42.9 Å². The summed E-state index contributed by atoms with van der Waals surface area (Å²) >= 11 is 0. The zero-order chi connectivity index (χ0) is 13.5. The highest BCUT2D eigenvalue weighted by atomic mass is 16.5.